The summed E-state index contributed by atoms with van der Waals surface area (Å²) in [7, 11) is 0. The van der Waals surface area contributed by atoms with Gasteiger partial charge in [-0.1, -0.05) is 32.1 Å². The van der Waals surface area contributed by atoms with Crippen LogP contribution in [0.15, 0.2) is 0 Å². The van der Waals surface area contributed by atoms with E-state index in [2.05, 4.69) is 5.32 Å². The predicted octanol–water partition coefficient (Wildman–Crippen LogP) is 1.03. The van der Waals surface area contributed by atoms with Gasteiger partial charge < -0.3 is 11.1 Å². The molecule has 0 radical (unpaired) electrons. The van der Waals surface area contributed by atoms with Crippen molar-refractivity contribution in [2.75, 3.05) is 6.54 Å². The van der Waals surface area contributed by atoms with Crippen LogP contribution in [-0.4, -0.2) is 19.0 Å². The SMILES string of the molecule is NC[C@H](CC1CCCCC1)NC=O. The molecule has 0 aromatic carbocycles. The third-order valence-corrected chi connectivity index (χ3v) is 2.93. The van der Waals surface area contributed by atoms with E-state index < -0.39 is 0 Å². The van der Waals surface area contributed by atoms with Crippen molar-refractivity contribution >= 4 is 6.41 Å². The first-order valence-electron chi connectivity index (χ1n) is 5.26. The Bertz CT molecular complexity index is 144. The standard InChI is InChI=1S/C10H20N2O/c11-7-10(12-8-13)6-9-4-2-1-3-5-9/h8-10H,1-7,11H2,(H,12,13)/t10-/m0/s1. The van der Waals surface area contributed by atoms with Crippen LogP contribution in [-0.2, 0) is 4.79 Å². The lowest BCUT2D eigenvalue weighted by Gasteiger charge is -2.25. The topological polar surface area (TPSA) is 55.1 Å². The van der Waals surface area contributed by atoms with Crippen molar-refractivity contribution in [1.82, 2.24) is 5.32 Å². The Morgan fingerprint density at radius 3 is 2.62 bits per heavy atom. The van der Waals surface area contributed by atoms with E-state index in [9.17, 15) is 4.79 Å². The fourth-order valence-corrected chi connectivity index (χ4v) is 2.15. The lowest BCUT2D eigenvalue weighted by molar-refractivity contribution is -0.110. The third-order valence-electron chi connectivity index (χ3n) is 2.93. The van der Waals surface area contributed by atoms with Gasteiger partial charge >= 0.3 is 0 Å². The highest BCUT2D eigenvalue weighted by atomic mass is 16.1. The fraction of sp³-hybridized carbons (Fsp3) is 0.900. The number of amides is 1. The molecule has 0 bridgehead atoms. The van der Waals surface area contributed by atoms with Crippen LogP contribution in [0.25, 0.3) is 0 Å². The fourth-order valence-electron chi connectivity index (χ4n) is 2.15. The van der Waals surface area contributed by atoms with Gasteiger partial charge in [0.1, 0.15) is 0 Å². The van der Waals surface area contributed by atoms with Gasteiger partial charge in [0.2, 0.25) is 6.41 Å². The molecule has 3 nitrogen and oxygen atoms in total. The Labute approximate surface area is 80.1 Å². The summed E-state index contributed by atoms with van der Waals surface area (Å²) in [6.45, 7) is 0.565. The Morgan fingerprint density at radius 1 is 1.38 bits per heavy atom. The molecule has 0 saturated heterocycles. The molecule has 1 saturated carbocycles. The normalized spacial score (nSPS) is 21.0. The first-order chi connectivity index (χ1) is 6.36. The van der Waals surface area contributed by atoms with Gasteiger partial charge in [-0.15, -0.1) is 0 Å². The van der Waals surface area contributed by atoms with Gasteiger partial charge in [-0.25, -0.2) is 0 Å². The molecule has 13 heavy (non-hydrogen) atoms. The molecular formula is C10H20N2O. The van der Waals surface area contributed by atoms with E-state index >= 15 is 0 Å². The summed E-state index contributed by atoms with van der Waals surface area (Å²) >= 11 is 0. The zero-order chi connectivity index (χ0) is 9.52. The number of hydrogen-bond donors (Lipinski definition) is 2. The van der Waals surface area contributed by atoms with Crippen LogP contribution in [0.5, 0.6) is 0 Å². The van der Waals surface area contributed by atoms with Crippen LogP contribution in [0, 0.1) is 5.92 Å². The van der Waals surface area contributed by atoms with Crippen molar-refractivity contribution in [1.29, 1.82) is 0 Å². The van der Waals surface area contributed by atoms with E-state index in [0.717, 1.165) is 18.7 Å². The molecule has 76 valence electrons. The Balaban J connectivity index is 2.22. The van der Waals surface area contributed by atoms with Gasteiger partial charge in [0, 0.05) is 12.6 Å². The second-order valence-electron chi connectivity index (χ2n) is 3.96. The molecule has 0 heterocycles. The predicted molar refractivity (Wildman–Crippen MR) is 53.2 cm³/mol. The molecule has 3 heteroatoms. The van der Waals surface area contributed by atoms with Crippen molar-refractivity contribution < 1.29 is 4.79 Å². The van der Waals surface area contributed by atoms with E-state index in [1.807, 2.05) is 0 Å². The summed E-state index contributed by atoms with van der Waals surface area (Å²) in [5, 5.41) is 2.77. The molecule has 1 atom stereocenters. The Morgan fingerprint density at radius 2 is 2.08 bits per heavy atom. The Kier molecular flexibility index (Phi) is 4.83. The van der Waals surface area contributed by atoms with Crippen LogP contribution in [0.2, 0.25) is 0 Å². The maximum atomic E-state index is 10.2. The monoisotopic (exact) mass is 184 g/mol. The number of rotatable bonds is 5. The number of carbonyl (C=O) groups is 1. The summed E-state index contributed by atoms with van der Waals surface area (Å²) in [5.74, 6) is 0.787. The molecule has 1 rings (SSSR count). The number of carbonyl (C=O) groups excluding carboxylic acids is 1. The smallest absolute Gasteiger partial charge is 0.207 e. The van der Waals surface area contributed by atoms with Crippen LogP contribution < -0.4 is 11.1 Å². The van der Waals surface area contributed by atoms with Gasteiger partial charge in [0.05, 0.1) is 0 Å². The van der Waals surface area contributed by atoms with Crippen LogP contribution in [0.3, 0.4) is 0 Å². The van der Waals surface area contributed by atoms with Crippen LogP contribution in [0.4, 0.5) is 0 Å². The first kappa shape index (κ1) is 10.5. The number of nitrogens with two attached hydrogens (primary N) is 1. The minimum Gasteiger partial charge on any atom is -0.355 e. The van der Waals surface area contributed by atoms with Gasteiger partial charge in [-0.3, -0.25) is 4.79 Å². The summed E-state index contributed by atoms with van der Waals surface area (Å²) in [6.07, 6.45) is 8.54. The summed E-state index contributed by atoms with van der Waals surface area (Å²) in [5.41, 5.74) is 5.55. The average molecular weight is 184 g/mol. The number of hydrogen-bond acceptors (Lipinski definition) is 2. The minimum atomic E-state index is 0.195. The maximum absolute atomic E-state index is 10.2. The van der Waals surface area contributed by atoms with E-state index in [1.165, 1.54) is 32.1 Å². The van der Waals surface area contributed by atoms with Gasteiger partial charge in [0.15, 0.2) is 0 Å². The maximum Gasteiger partial charge on any atom is 0.207 e. The molecule has 0 spiro atoms. The molecule has 3 N–H and O–H groups in total. The summed E-state index contributed by atoms with van der Waals surface area (Å²) in [4.78, 5) is 10.2. The molecule has 1 fully saturated rings. The van der Waals surface area contributed by atoms with Crippen molar-refractivity contribution in [2.24, 2.45) is 11.7 Å². The molecule has 0 aliphatic heterocycles. The van der Waals surface area contributed by atoms with E-state index in [1.54, 1.807) is 0 Å². The van der Waals surface area contributed by atoms with E-state index in [4.69, 9.17) is 5.73 Å². The highest BCUT2D eigenvalue weighted by molar-refractivity contribution is 5.46. The Hall–Kier alpha value is -0.570. The molecule has 1 amide bonds. The van der Waals surface area contributed by atoms with E-state index in [-0.39, 0.29) is 6.04 Å². The van der Waals surface area contributed by atoms with Crippen molar-refractivity contribution in [3.8, 4) is 0 Å². The minimum absolute atomic E-state index is 0.195. The van der Waals surface area contributed by atoms with Gasteiger partial charge in [0.25, 0.3) is 0 Å². The van der Waals surface area contributed by atoms with Crippen molar-refractivity contribution in [3.63, 3.8) is 0 Å². The highest BCUT2D eigenvalue weighted by Crippen LogP contribution is 2.26. The zero-order valence-corrected chi connectivity index (χ0v) is 8.17. The van der Waals surface area contributed by atoms with Gasteiger partial charge in [-0.2, -0.15) is 0 Å². The average Bonchev–Trinajstić information content (AvgIpc) is 2.19. The highest BCUT2D eigenvalue weighted by Gasteiger charge is 2.17. The summed E-state index contributed by atoms with van der Waals surface area (Å²) in [6, 6.07) is 0.195. The van der Waals surface area contributed by atoms with Gasteiger partial charge in [-0.05, 0) is 12.3 Å². The lowest BCUT2D eigenvalue weighted by atomic mass is 9.85. The molecule has 1 aliphatic carbocycles. The largest absolute Gasteiger partial charge is 0.355 e. The second kappa shape index (κ2) is 5.97. The number of nitrogens with one attached hydrogen (secondary N) is 1. The molecular weight excluding hydrogens is 164 g/mol. The van der Waals surface area contributed by atoms with Crippen molar-refractivity contribution in [2.45, 2.75) is 44.6 Å². The summed E-state index contributed by atoms with van der Waals surface area (Å²) < 4.78 is 0. The lowest BCUT2D eigenvalue weighted by Crippen LogP contribution is -2.37. The zero-order valence-electron chi connectivity index (χ0n) is 8.17. The quantitative estimate of drug-likeness (QED) is 0.627. The van der Waals surface area contributed by atoms with E-state index in [0.29, 0.717) is 6.54 Å². The third kappa shape index (κ3) is 3.77. The molecule has 1 aliphatic rings. The van der Waals surface area contributed by atoms with Crippen LogP contribution >= 0.6 is 0 Å². The molecule has 0 aromatic heterocycles. The molecule has 0 aromatic rings. The second-order valence-corrected chi connectivity index (χ2v) is 3.96. The first-order valence-corrected chi connectivity index (χ1v) is 5.26. The van der Waals surface area contributed by atoms with Crippen molar-refractivity contribution in [3.05, 3.63) is 0 Å². The van der Waals surface area contributed by atoms with Crippen LogP contribution in [0.1, 0.15) is 38.5 Å². The molecule has 0 unspecified atom stereocenters.